The summed E-state index contributed by atoms with van der Waals surface area (Å²) in [6.45, 7) is -1.62. The number of hydrogen-bond acceptors (Lipinski definition) is 18. The SMILES string of the molecule is Nc1nc2c(ncn2[C@@H]2O[C@@H]3COP(=O)([O-])O[C@H]4C[C@H](n5cnc6c(=O)[nH]cnc65)O[C@@H]4COP(=O)([O-])O[C@@H]2[C@@H]3O)c(=O)[nH]1. The zero-order valence-corrected chi connectivity index (χ0v) is 23.7. The van der Waals surface area contributed by atoms with E-state index in [2.05, 4.69) is 29.9 Å². The summed E-state index contributed by atoms with van der Waals surface area (Å²) in [5.41, 5.74) is 4.18. The molecule has 3 aliphatic rings. The van der Waals surface area contributed by atoms with E-state index >= 15 is 0 Å². The van der Waals surface area contributed by atoms with E-state index < -0.39 is 83.0 Å². The second-order valence-electron chi connectivity index (χ2n) is 9.95. The van der Waals surface area contributed by atoms with Crippen LogP contribution in [0, 0.1) is 0 Å². The molecule has 236 valence electrons. The first-order valence-electron chi connectivity index (χ1n) is 12.8. The number of aromatic amines is 2. The highest BCUT2D eigenvalue weighted by Crippen LogP contribution is 2.50. The lowest BCUT2D eigenvalue weighted by Gasteiger charge is -2.31. The number of hydrogen-bond donors (Lipinski definition) is 4. The number of imidazole rings is 2. The highest BCUT2D eigenvalue weighted by Gasteiger charge is 2.49. The first-order valence-corrected chi connectivity index (χ1v) is 15.7. The average molecular weight is 657 g/mol. The molecule has 0 aliphatic carbocycles. The summed E-state index contributed by atoms with van der Waals surface area (Å²) in [4.78, 5) is 70.8. The number of nitrogens with zero attached hydrogens (tertiary/aromatic N) is 6. The molecule has 3 fully saturated rings. The van der Waals surface area contributed by atoms with Crippen molar-refractivity contribution in [3.8, 4) is 0 Å². The Balaban J connectivity index is 1.19. The van der Waals surface area contributed by atoms with E-state index in [0.717, 1.165) is 17.2 Å². The topological polar surface area (TPSA) is 309 Å². The number of nitrogens with one attached hydrogen (secondary N) is 2. The average Bonchev–Trinajstić information content (AvgIpc) is 3.72. The van der Waals surface area contributed by atoms with Crippen LogP contribution in [0.25, 0.3) is 22.3 Å². The second-order valence-corrected chi connectivity index (χ2v) is 12.7. The van der Waals surface area contributed by atoms with Crippen molar-refractivity contribution in [3.63, 3.8) is 0 Å². The summed E-state index contributed by atoms with van der Waals surface area (Å²) >= 11 is 0. The van der Waals surface area contributed by atoms with Gasteiger partial charge in [-0.2, -0.15) is 4.98 Å². The van der Waals surface area contributed by atoms with E-state index in [0.29, 0.717) is 0 Å². The monoisotopic (exact) mass is 657 g/mol. The molecule has 4 aromatic heterocycles. The third-order valence-electron chi connectivity index (χ3n) is 7.20. The third kappa shape index (κ3) is 5.18. The van der Waals surface area contributed by atoms with E-state index in [4.69, 9.17) is 33.3 Å². The molecule has 0 amide bonds. The number of aliphatic hydroxyl groups is 1. The molecule has 3 aliphatic heterocycles. The Hall–Kier alpha value is -3.40. The van der Waals surface area contributed by atoms with Gasteiger partial charge in [0, 0.05) is 6.42 Å². The van der Waals surface area contributed by atoms with Crippen molar-refractivity contribution in [2.24, 2.45) is 0 Å². The van der Waals surface area contributed by atoms with Gasteiger partial charge in [0.15, 0.2) is 28.6 Å². The Kier molecular flexibility index (Phi) is 7.06. The van der Waals surface area contributed by atoms with Crippen molar-refractivity contribution in [3.05, 3.63) is 39.7 Å². The highest BCUT2D eigenvalue weighted by atomic mass is 31.2. The van der Waals surface area contributed by atoms with Crippen molar-refractivity contribution in [2.75, 3.05) is 18.9 Å². The van der Waals surface area contributed by atoms with Gasteiger partial charge in [-0.25, -0.2) is 15.0 Å². The fraction of sp³-hybridized carbons (Fsp3) is 0.500. The number of fused-ring (bicyclic) bond motifs is 5. The molecule has 9 atom stereocenters. The van der Waals surface area contributed by atoms with Gasteiger partial charge in [0.2, 0.25) is 5.95 Å². The van der Waals surface area contributed by atoms with E-state index in [1.54, 1.807) is 0 Å². The summed E-state index contributed by atoms with van der Waals surface area (Å²) in [5.74, 6) is -0.291. The molecule has 0 aromatic carbocycles. The van der Waals surface area contributed by atoms with Crippen LogP contribution in [0.3, 0.4) is 0 Å². The number of nitrogen functional groups attached to an aromatic ring is 1. The zero-order chi connectivity index (χ0) is 31.0. The van der Waals surface area contributed by atoms with Gasteiger partial charge in [-0.15, -0.1) is 0 Å². The predicted octanol–water partition coefficient (Wildman–Crippen LogP) is -2.87. The predicted molar refractivity (Wildman–Crippen MR) is 136 cm³/mol. The van der Waals surface area contributed by atoms with Gasteiger partial charge in [0.25, 0.3) is 26.8 Å². The molecule has 2 unspecified atom stereocenters. The number of anilines is 1. The number of H-pyrrole nitrogens is 2. The molecule has 7 rings (SSSR count). The number of aliphatic hydroxyl groups excluding tert-OH is 1. The van der Waals surface area contributed by atoms with Gasteiger partial charge in [0.1, 0.15) is 30.6 Å². The standard InChI is InChI=1S/C20H23N9O13P2/c21-20-26-16-12(18(32)27-20)25-6-29(16)19-14-13(30)9(40-19)3-38-43(33,34)41-7-1-10(39-8(7)2-37-44(35,36)42-14)28-5-24-11-15(28)22-4-23-17(11)31/h4-10,13-14,19,30H,1-3H2,(H,33,34)(H,35,36)(H,22,23,31)(H3,21,26,27,32)/p-2/t7-,8+,9+,10+,13+,14+,19+/m0/s1. The lowest BCUT2D eigenvalue weighted by Crippen LogP contribution is -2.36. The quantitative estimate of drug-likeness (QED) is 0.157. The molecule has 4 aromatic rings. The van der Waals surface area contributed by atoms with Crippen molar-refractivity contribution in [1.82, 2.24) is 39.0 Å². The molecule has 5 N–H and O–H groups in total. The summed E-state index contributed by atoms with van der Waals surface area (Å²) in [5, 5.41) is 10.9. The van der Waals surface area contributed by atoms with Crippen LogP contribution in [0.15, 0.2) is 28.6 Å². The fourth-order valence-electron chi connectivity index (χ4n) is 5.23. The minimum Gasteiger partial charge on any atom is -0.756 e. The number of phosphoric ester groups is 2. The largest absolute Gasteiger partial charge is 0.756 e. The van der Waals surface area contributed by atoms with E-state index in [-0.39, 0.29) is 34.7 Å². The lowest BCUT2D eigenvalue weighted by atomic mass is 10.1. The molecule has 0 spiro atoms. The van der Waals surface area contributed by atoms with Gasteiger partial charge < -0.3 is 53.2 Å². The van der Waals surface area contributed by atoms with Crippen molar-refractivity contribution in [1.29, 1.82) is 0 Å². The smallest absolute Gasteiger partial charge is 0.280 e. The number of rotatable bonds is 2. The first kappa shape index (κ1) is 29.3. The number of phosphoric acid groups is 2. The molecule has 7 heterocycles. The minimum atomic E-state index is -5.30. The van der Waals surface area contributed by atoms with Crippen LogP contribution in [0.4, 0.5) is 5.95 Å². The highest BCUT2D eigenvalue weighted by molar-refractivity contribution is 7.46. The Bertz CT molecular complexity index is 1960. The van der Waals surface area contributed by atoms with E-state index in [1.807, 2.05) is 0 Å². The van der Waals surface area contributed by atoms with Crippen LogP contribution >= 0.6 is 15.6 Å². The molecule has 3 saturated heterocycles. The maximum absolute atomic E-state index is 13.0. The molecule has 22 nitrogen and oxygen atoms in total. The molecular weight excluding hydrogens is 636 g/mol. The second kappa shape index (κ2) is 10.6. The summed E-state index contributed by atoms with van der Waals surface area (Å²) in [6, 6.07) is 0. The molecule has 0 radical (unpaired) electrons. The van der Waals surface area contributed by atoms with Crippen molar-refractivity contribution >= 4 is 43.9 Å². The maximum atomic E-state index is 13.0. The Labute approximate surface area is 242 Å². The maximum Gasteiger partial charge on any atom is 0.280 e. The normalized spacial score (nSPS) is 36.6. The van der Waals surface area contributed by atoms with Crippen LogP contribution in [0.5, 0.6) is 0 Å². The minimum absolute atomic E-state index is 0.0116. The van der Waals surface area contributed by atoms with Gasteiger partial charge >= 0.3 is 0 Å². The van der Waals surface area contributed by atoms with E-state index in [1.165, 1.54) is 10.9 Å². The Morgan fingerprint density at radius 1 is 0.909 bits per heavy atom. The Morgan fingerprint density at radius 2 is 1.59 bits per heavy atom. The van der Waals surface area contributed by atoms with Crippen LogP contribution in [0.1, 0.15) is 18.9 Å². The zero-order valence-electron chi connectivity index (χ0n) is 21.9. The first-order chi connectivity index (χ1) is 20.9. The van der Waals surface area contributed by atoms with E-state index in [9.17, 15) is 33.6 Å². The van der Waals surface area contributed by atoms with Crippen LogP contribution in [-0.2, 0) is 36.7 Å². The van der Waals surface area contributed by atoms with Crippen LogP contribution < -0.4 is 26.6 Å². The van der Waals surface area contributed by atoms with Crippen molar-refractivity contribution < 1.29 is 51.6 Å². The summed E-state index contributed by atoms with van der Waals surface area (Å²) in [6.07, 6.45) is -6.93. The molecule has 2 bridgehead atoms. The number of aromatic nitrogens is 8. The fourth-order valence-corrected chi connectivity index (χ4v) is 7.09. The van der Waals surface area contributed by atoms with Gasteiger partial charge in [0.05, 0.1) is 38.3 Å². The van der Waals surface area contributed by atoms with Gasteiger partial charge in [-0.3, -0.25) is 32.8 Å². The Morgan fingerprint density at radius 3 is 2.36 bits per heavy atom. The van der Waals surface area contributed by atoms with Gasteiger partial charge in [-0.05, 0) is 0 Å². The molecule has 44 heavy (non-hydrogen) atoms. The summed E-state index contributed by atoms with van der Waals surface area (Å²) < 4.78 is 60.5. The lowest BCUT2D eigenvalue weighted by molar-refractivity contribution is -0.239. The van der Waals surface area contributed by atoms with Crippen molar-refractivity contribution in [2.45, 2.75) is 49.4 Å². The van der Waals surface area contributed by atoms with Crippen LogP contribution in [-0.4, -0.2) is 87.9 Å². The summed E-state index contributed by atoms with van der Waals surface area (Å²) in [7, 11) is -10.5. The number of ether oxygens (including phenoxy) is 2. The molecule has 24 heteroatoms. The molecular formula is C20H21N9O13P2-2. The number of nitrogens with two attached hydrogens (primary N) is 1. The molecule has 0 saturated carbocycles. The van der Waals surface area contributed by atoms with Crippen LogP contribution in [0.2, 0.25) is 0 Å². The van der Waals surface area contributed by atoms with Gasteiger partial charge in [-0.1, -0.05) is 0 Å². The third-order valence-corrected chi connectivity index (χ3v) is 9.16.